The van der Waals surface area contributed by atoms with Gasteiger partial charge in [0.05, 0.1) is 0 Å². The highest BCUT2D eigenvalue weighted by molar-refractivity contribution is 9.10. The highest BCUT2D eigenvalue weighted by atomic mass is 79.9. The molecule has 0 radical (unpaired) electrons. The number of carbonyl (C=O) groups is 1. The molecule has 0 aliphatic heterocycles. The number of carbonyl (C=O) groups excluding carboxylic acids is 1. The standard InChI is InChI=1S/C12H17BrN2O2/c1-15(8-3-2-4-9-16)12(17)10-6-5-7-11(13)14-10/h5-7,16H,2-4,8-9H2,1H3. The van der Waals surface area contributed by atoms with E-state index >= 15 is 0 Å². The van der Waals surface area contributed by atoms with Crippen LogP contribution in [0.3, 0.4) is 0 Å². The molecule has 1 heterocycles. The summed E-state index contributed by atoms with van der Waals surface area (Å²) in [5, 5.41) is 8.65. The molecule has 0 aromatic carbocycles. The maximum Gasteiger partial charge on any atom is 0.272 e. The van der Waals surface area contributed by atoms with Gasteiger partial charge in [-0.05, 0) is 47.3 Å². The lowest BCUT2D eigenvalue weighted by atomic mass is 10.2. The van der Waals surface area contributed by atoms with E-state index < -0.39 is 0 Å². The molecule has 94 valence electrons. The van der Waals surface area contributed by atoms with Crippen LogP contribution in [0.4, 0.5) is 0 Å². The maximum atomic E-state index is 12.0. The van der Waals surface area contributed by atoms with E-state index in [2.05, 4.69) is 20.9 Å². The molecule has 1 N–H and O–H groups in total. The molecular formula is C12H17BrN2O2. The molecule has 1 amide bonds. The summed E-state index contributed by atoms with van der Waals surface area (Å²) >= 11 is 3.24. The molecule has 0 aliphatic rings. The molecule has 17 heavy (non-hydrogen) atoms. The Hall–Kier alpha value is -0.940. The highest BCUT2D eigenvalue weighted by Gasteiger charge is 2.12. The van der Waals surface area contributed by atoms with Crippen molar-refractivity contribution in [2.75, 3.05) is 20.2 Å². The summed E-state index contributed by atoms with van der Waals surface area (Å²) in [6.45, 7) is 0.901. The van der Waals surface area contributed by atoms with Crippen LogP contribution in [0.2, 0.25) is 0 Å². The Kier molecular flexibility index (Phi) is 6.15. The summed E-state index contributed by atoms with van der Waals surface area (Å²) in [5.41, 5.74) is 0.448. The summed E-state index contributed by atoms with van der Waals surface area (Å²) in [6, 6.07) is 5.29. The number of pyridine rings is 1. The fourth-order valence-electron chi connectivity index (χ4n) is 1.46. The number of hydrogen-bond acceptors (Lipinski definition) is 3. The van der Waals surface area contributed by atoms with Crippen LogP contribution in [-0.4, -0.2) is 41.1 Å². The number of halogens is 1. The first kappa shape index (κ1) is 14.1. The van der Waals surface area contributed by atoms with E-state index in [0.717, 1.165) is 19.3 Å². The summed E-state index contributed by atoms with van der Waals surface area (Å²) in [6.07, 6.45) is 2.62. The number of nitrogens with zero attached hydrogens (tertiary/aromatic N) is 2. The van der Waals surface area contributed by atoms with Gasteiger partial charge < -0.3 is 10.0 Å². The summed E-state index contributed by atoms with van der Waals surface area (Å²) in [5.74, 6) is -0.0738. The lowest BCUT2D eigenvalue weighted by molar-refractivity contribution is 0.0786. The Morgan fingerprint density at radius 1 is 1.41 bits per heavy atom. The second-order valence-corrected chi connectivity index (χ2v) is 4.67. The monoisotopic (exact) mass is 300 g/mol. The third-order valence-electron chi connectivity index (χ3n) is 2.43. The second-order valence-electron chi connectivity index (χ2n) is 3.86. The number of hydrogen-bond donors (Lipinski definition) is 1. The summed E-state index contributed by atoms with van der Waals surface area (Å²) in [4.78, 5) is 17.7. The lowest BCUT2D eigenvalue weighted by Gasteiger charge is -2.16. The molecule has 1 aromatic heterocycles. The number of amides is 1. The molecule has 1 aromatic rings. The van der Waals surface area contributed by atoms with Crippen molar-refractivity contribution >= 4 is 21.8 Å². The van der Waals surface area contributed by atoms with Gasteiger partial charge in [-0.3, -0.25) is 4.79 Å². The number of aliphatic hydroxyl groups excluding tert-OH is 1. The molecule has 5 heteroatoms. The van der Waals surface area contributed by atoms with Crippen molar-refractivity contribution in [3.05, 3.63) is 28.5 Å². The fraction of sp³-hybridized carbons (Fsp3) is 0.500. The number of unbranched alkanes of at least 4 members (excludes halogenated alkanes) is 2. The van der Waals surface area contributed by atoms with Crippen molar-refractivity contribution in [3.8, 4) is 0 Å². The predicted molar refractivity (Wildman–Crippen MR) is 69.8 cm³/mol. The molecule has 0 aliphatic carbocycles. The zero-order valence-corrected chi connectivity index (χ0v) is 11.5. The van der Waals surface area contributed by atoms with Crippen molar-refractivity contribution in [1.82, 2.24) is 9.88 Å². The van der Waals surface area contributed by atoms with Crippen LogP contribution in [-0.2, 0) is 0 Å². The largest absolute Gasteiger partial charge is 0.396 e. The number of aromatic nitrogens is 1. The first-order valence-corrected chi connectivity index (χ1v) is 6.43. The third-order valence-corrected chi connectivity index (χ3v) is 2.87. The lowest BCUT2D eigenvalue weighted by Crippen LogP contribution is -2.28. The zero-order chi connectivity index (χ0) is 12.7. The van der Waals surface area contributed by atoms with Crippen molar-refractivity contribution in [1.29, 1.82) is 0 Å². The topological polar surface area (TPSA) is 53.4 Å². The molecular weight excluding hydrogens is 284 g/mol. The molecule has 0 atom stereocenters. The molecule has 0 unspecified atom stereocenters. The van der Waals surface area contributed by atoms with E-state index in [0.29, 0.717) is 16.8 Å². The van der Waals surface area contributed by atoms with E-state index in [4.69, 9.17) is 5.11 Å². The van der Waals surface area contributed by atoms with Gasteiger partial charge in [-0.2, -0.15) is 0 Å². The van der Waals surface area contributed by atoms with Gasteiger partial charge in [0, 0.05) is 20.2 Å². The number of aliphatic hydroxyl groups is 1. The Bertz CT molecular complexity index is 371. The van der Waals surface area contributed by atoms with Crippen LogP contribution >= 0.6 is 15.9 Å². The second kappa shape index (κ2) is 7.40. The molecule has 0 fully saturated rings. The molecule has 0 bridgehead atoms. The quantitative estimate of drug-likeness (QED) is 0.646. The fourth-order valence-corrected chi connectivity index (χ4v) is 1.81. The minimum absolute atomic E-state index is 0.0738. The molecule has 1 rings (SSSR count). The summed E-state index contributed by atoms with van der Waals surface area (Å²) in [7, 11) is 1.77. The maximum absolute atomic E-state index is 12.0. The Morgan fingerprint density at radius 2 is 2.18 bits per heavy atom. The van der Waals surface area contributed by atoms with Crippen LogP contribution in [0.1, 0.15) is 29.8 Å². The zero-order valence-electron chi connectivity index (χ0n) is 9.90. The first-order chi connectivity index (χ1) is 8.15. The van der Waals surface area contributed by atoms with Crippen LogP contribution in [0.5, 0.6) is 0 Å². The van der Waals surface area contributed by atoms with Crippen molar-refractivity contribution in [3.63, 3.8) is 0 Å². The van der Waals surface area contributed by atoms with E-state index in [-0.39, 0.29) is 12.5 Å². The van der Waals surface area contributed by atoms with Gasteiger partial charge in [-0.1, -0.05) is 6.07 Å². The first-order valence-electron chi connectivity index (χ1n) is 5.64. The Balaban J connectivity index is 2.46. The molecule has 0 spiro atoms. The van der Waals surface area contributed by atoms with E-state index in [9.17, 15) is 4.79 Å². The predicted octanol–water partition coefficient (Wildman–Crippen LogP) is 2.08. The Labute approximate surface area is 110 Å². The van der Waals surface area contributed by atoms with Crippen molar-refractivity contribution in [2.45, 2.75) is 19.3 Å². The molecule has 0 saturated carbocycles. The van der Waals surface area contributed by atoms with Crippen molar-refractivity contribution < 1.29 is 9.90 Å². The normalized spacial score (nSPS) is 10.3. The average Bonchev–Trinajstić information content (AvgIpc) is 2.33. The number of rotatable bonds is 6. The van der Waals surface area contributed by atoms with Gasteiger partial charge in [0.1, 0.15) is 10.3 Å². The van der Waals surface area contributed by atoms with Gasteiger partial charge in [0.15, 0.2) is 0 Å². The average molecular weight is 301 g/mol. The van der Waals surface area contributed by atoms with Gasteiger partial charge in [0.25, 0.3) is 5.91 Å². The SMILES string of the molecule is CN(CCCCCO)C(=O)c1cccc(Br)n1. The van der Waals surface area contributed by atoms with Gasteiger partial charge in [-0.15, -0.1) is 0 Å². The van der Waals surface area contributed by atoms with Crippen molar-refractivity contribution in [2.24, 2.45) is 0 Å². The molecule has 0 saturated heterocycles. The van der Waals surface area contributed by atoms with Crippen LogP contribution < -0.4 is 0 Å². The van der Waals surface area contributed by atoms with Gasteiger partial charge >= 0.3 is 0 Å². The summed E-state index contributed by atoms with van der Waals surface area (Å²) < 4.78 is 0.664. The Morgan fingerprint density at radius 3 is 2.82 bits per heavy atom. The third kappa shape index (κ3) is 4.83. The molecule has 4 nitrogen and oxygen atoms in total. The van der Waals surface area contributed by atoms with Crippen LogP contribution in [0, 0.1) is 0 Å². The van der Waals surface area contributed by atoms with Gasteiger partial charge in [-0.25, -0.2) is 4.98 Å². The van der Waals surface area contributed by atoms with E-state index in [1.165, 1.54) is 0 Å². The van der Waals surface area contributed by atoms with Crippen LogP contribution in [0.25, 0.3) is 0 Å². The minimum Gasteiger partial charge on any atom is -0.396 e. The van der Waals surface area contributed by atoms with Gasteiger partial charge in [0.2, 0.25) is 0 Å². The minimum atomic E-state index is -0.0738. The van der Waals surface area contributed by atoms with E-state index in [1.54, 1.807) is 30.1 Å². The van der Waals surface area contributed by atoms with E-state index in [1.807, 2.05) is 0 Å². The van der Waals surface area contributed by atoms with Crippen LogP contribution in [0.15, 0.2) is 22.8 Å². The highest BCUT2D eigenvalue weighted by Crippen LogP contribution is 2.08. The smallest absolute Gasteiger partial charge is 0.272 e.